The molecule has 0 bridgehead atoms. The summed E-state index contributed by atoms with van der Waals surface area (Å²) in [5.74, 6) is 0. The maximum Gasteiger partial charge on any atom is 0.0208 e. The van der Waals surface area contributed by atoms with Crippen LogP contribution in [-0.4, -0.2) is 6.04 Å². The minimum Gasteiger partial charge on any atom is -0.309 e. The zero-order valence-corrected chi connectivity index (χ0v) is 9.79. The molecule has 1 aromatic rings. The van der Waals surface area contributed by atoms with Crippen LogP contribution >= 0.6 is 0 Å². The van der Waals surface area contributed by atoms with Gasteiger partial charge < -0.3 is 5.32 Å². The highest BCUT2D eigenvalue weighted by Gasteiger charge is 2.33. The molecule has 0 aliphatic heterocycles. The zero-order chi connectivity index (χ0) is 10.7. The second-order valence-electron chi connectivity index (χ2n) is 5.30. The minimum absolute atomic E-state index is 0.481. The highest BCUT2D eigenvalue weighted by molar-refractivity contribution is 5.14. The molecule has 0 spiro atoms. The van der Waals surface area contributed by atoms with E-state index in [2.05, 4.69) is 49.5 Å². The monoisotopic (exact) mass is 203 g/mol. The summed E-state index contributed by atoms with van der Waals surface area (Å²) in [5.41, 5.74) is 1.87. The Morgan fingerprint density at radius 3 is 2.60 bits per heavy atom. The number of hydrogen-bond acceptors (Lipinski definition) is 1. The van der Waals surface area contributed by atoms with Gasteiger partial charge in [-0.1, -0.05) is 50.6 Å². The van der Waals surface area contributed by atoms with Gasteiger partial charge in [-0.3, -0.25) is 0 Å². The lowest BCUT2D eigenvalue weighted by Crippen LogP contribution is -2.37. The third-order valence-corrected chi connectivity index (χ3v) is 3.65. The summed E-state index contributed by atoms with van der Waals surface area (Å²) in [5, 5.41) is 3.69. The Hall–Kier alpha value is -0.820. The maximum absolute atomic E-state index is 3.69. The van der Waals surface area contributed by atoms with Crippen LogP contribution in [-0.2, 0) is 6.54 Å². The van der Waals surface area contributed by atoms with Crippen molar-refractivity contribution in [3.05, 3.63) is 35.9 Å². The highest BCUT2D eigenvalue weighted by Crippen LogP contribution is 2.37. The summed E-state index contributed by atoms with van der Waals surface area (Å²) in [7, 11) is 0. The average molecular weight is 203 g/mol. The predicted octanol–water partition coefficient (Wildman–Crippen LogP) is 3.35. The molecule has 1 aliphatic rings. The smallest absolute Gasteiger partial charge is 0.0208 e. The molecule has 0 radical (unpaired) electrons. The first-order chi connectivity index (χ1) is 7.18. The van der Waals surface area contributed by atoms with Gasteiger partial charge in [0, 0.05) is 12.6 Å². The van der Waals surface area contributed by atoms with Crippen molar-refractivity contribution in [2.24, 2.45) is 5.41 Å². The topological polar surface area (TPSA) is 12.0 Å². The third kappa shape index (κ3) is 2.60. The lowest BCUT2D eigenvalue weighted by atomic mass is 9.87. The molecule has 1 fully saturated rings. The lowest BCUT2D eigenvalue weighted by molar-refractivity contribution is 0.282. The molecule has 0 heterocycles. The quantitative estimate of drug-likeness (QED) is 0.794. The molecule has 1 aliphatic carbocycles. The van der Waals surface area contributed by atoms with Gasteiger partial charge in [-0.2, -0.15) is 0 Å². The van der Waals surface area contributed by atoms with E-state index in [0.717, 1.165) is 6.54 Å². The summed E-state index contributed by atoms with van der Waals surface area (Å²) < 4.78 is 0. The van der Waals surface area contributed by atoms with Gasteiger partial charge in [0.05, 0.1) is 0 Å². The molecule has 2 rings (SSSR count). The molecular weight excluding hydrogens is 182 g/mol. The molecule has 0 amide bonds. The van der Waals surface area contributed by atoms with Gasteiger partial charge in [0.25, 0.3) is 0 Å². The molecule has 0 aromatic heterocycles. The van der Waals surface area contributed by atoms with Gasteiger partial charge >= 0.3 is 0 Å². The van der Waals surface area contributed by atoms with Crippen LogP contribution in [0.4, 0.5) is 0 Å². The van der Waals surface area contributed by atoms with Crippen molar-refractivity contribution < 1.29 is 0 Å². The van der Waals surface area contributed by atoms with Gasteiger partial charge in [-0.25, -0.2) is 0 Å². The Bertz CT molecular complexity index is 302. The Morgan fingerprint density at radius 1 is 1.27 bits per heavy atom. The lowest BCUT2D eigenvalue weighted by Gasteiger charge is -2.28. The van der Waals surface area contributed by atoms with E-state index in [1.165, 1.54) is 24.8 Å². The molecule has 1 saturated carbocycles. The first-order valence-electron chi connectivity index (χ1n) is 5.96. The second kappa shape index (κ2) is 4.36. The van der Waals surface area contributed by atoms with Crippen LogP contribution in [0.5, 0.6) is 0 Å². The van der Waals surface area contributed by atoms with Crippen molar-refractivity contribution in [1.29, 1.82) is 0 Å². The molecule has 1 N–H and O–H groups in total. The molecular formula is C14H21N. The summed E-state index contributed by atoms with van der Waals surface area (Å²) >= 11 is 0. The van der Waals surface area contributed by atoms with E-state index >= 15 is 0 Å². The number of hydrogen-bond donors (Lipinski definition) is 1. The van der Waals surface area contributed by atoms with Crippen LogP contribution < -0.4 is 5.32 Å². The van der Waals surface area contributed by atoms with Gasteiger partial charge in [-0.05, 0) is 23.8 Å². The average Bonchev–Trinajstić information content (AvgIpc) is 2.56. The van der Waals surface area contributed by atoms with Crippen LogP contribution in [0.25, 0.3) is 0 Å². The van der Waals surface area contributed by atoms with Crippen LogP contribution in [0.2, 0.25) is 0 Å². The van der Waals surface area contributed by atoms with E-state index in [1.54, 1.807) is 0 Å². The van der Waals surface area contributed by atoms with E-state index in [4.69, 9.17) is 0 Å². The Labute approximate surface area is 92.9 Å². The Morgan fingerprint density at radius 2 is 2.00 bits per heavy atom. The van der Waals surface area contributed by atoms with Crippen molar-refractivity contribution in [2.75, 3.05) is 0 Å². The fourth-order valence-corrected chi connectivity index (χ4v) is 2.54. The van der Waals surface area contributed by atoms with E-state index in [0.29, 0.717) is 11.5 Å². The molecule has 82 valence electrons. The van der Waals surface area contributed by atoms with Gasteiger partial charge in [0.2, 0.25) is 0 Å². The van der Waals surface area contributed by atoms with Gasteiger partial charge in [0.1, 0.15) is 0 Å². The first-order valence-corrected chi connectivity index (χ1v) is 5.96. The second-order valence-corrected chi connectivity index (χ2v) is 5.30. The van der Waals surface area contributed by atoms with Crippen molar-refractivity contribution >= 4 is 0 Å². The van der Waals surface area contributed by atoms with Crippen LogP contribution in [0.1, 0.15) is 38.7 Å². The standard InChI is InChI=1S/C14H21N/c1-14(2)10-6-9-13(14)15-11-12-7-4-3-5-8-12/h3-5,7-8,13,15H,6,9-11H2,1-2H3/t13-/m1/s1. The highest BCUT2D eigenvalue weighted by atomic mass is 14.9. The third-order valence-electron chi connectivity index (χ3n) is 3.65. The Balaban J connectivity index is 1.89. The van der Waals surface area contributed by atoms with E-state index in [9.17, 15) is 0 Å². The molecule has 0 unspecified atom stereocenters. The minimum atomic E-state index is 0.481. The molecule has 15 heavy (non-hydrogen) atoms. The SMILES string of the molecule is CC1(C)CCC[C@H]1NCc1ccccc1. The maximum atomic E-state index is 3.69. The van der Waals surface area contributed by atoms with E-state index < -0.39 is 0 Å². The van der Waals surface area contributed by atoms with Gasteiger partial charge in [0.15, 0.2) is 0 Å². The number of nitrogens with one attached hydrogen (secondary N) is 1. The van der Waals surface area contributed by atoms with E-state index in [-0.39, 0.29) is 0 Å². The van der Waals surface area contributed by atoms with Crippen molar-refractivity contribution in [1.82, 2.24) is 5.32 Å². The number of benzene rings is 1. The largest absolute Gasteiger partial charge is 0.309 e. The fourth-order valence-electron chi connectivity index (χ4n) is 2.54. The summed E-state index contributed by atoms with van der Waals surface area (Å²) in [6.07, 6.45) is 4.07. The summed E-state index contributed by atoms with van der Waals surface area (Å²) in [6.45, 7) is 5.76. The molecule has 1 atom stereocenters. The van der Waals surface area contributed by atoms with Crippen molar-refractivity contribution in [3.63, 3.8) is 0 Å². The van der Waals surface area contributed by atoms with Crippen molar-refractivity contribution in [2.45, 2.75) is 45.7 Å². The Kier molecular flexibility index (Phi) is 3.11. The summed E-state index contributed by atoms with van der Waals surface area (Å²) in [6, 6.07) is 11.4. The first kappa shape index (κ1) is 10.7. The predicted molar refractivity (Wildman–Crippen MR) is 64.7 cm³/mol. The zero-order valence-electron chi connectivity index (χ0n) is 9.79. The summed E-state index contributed by atoms with van der Waals surface area (Å²) in [4.78, 5) is 0. The molecule has 1 nitrogen and oxygen atoms in total. The fraction of sp³-hybridized carbons (Fsp3) is 0.571. The van der Waals surface area contributed by atoms with Crippen LogP contribution in [0.15, 0.2) is 30.3 Å². The van der Waals surface area contributed by atoms with Crippen LogP contribution in [0.3, 0.4) is 0 Å². The van der Waals surface area contributed by atoms with E-state index in [1.807, 2.05) is 0 Å². The van der Waals surface area contributed by atoms with Crippen molar-refractivity contribution in [3.8, 4) is 0 Å². The number of rotatable bonds is 3. The van der Waals surface area contributed by atoms with Crippen LogP contribution in [0, 0.1) is 5.41 Å². The molecule has 1 aromatic carbocycles. The normalized spacial score (nSPS) is 24.3. The molecule has 1 heteroatoms. The van der Waals surface area contributed by atoms with Gasteiger partial charge in [-0.15, -0.1) is 0 Å². The molecule has 0 saturated heterocycles.